The Morgan fingerprint density at radius 1 is 1.00 bits per heavy atom. The molecule has 5 nitrogen and oxygen atoms in total. The Kier molecular flexibility index (Phi) is 5.18. The molecule has 0 saturated carbocycles. The normalized spacial score (nSPS) is 13.7. The molecule has 0 amide bonds. The molecular weight excluding hydrogens is 436 g/mol. The Bertz CT molecular complexity index is 1150. The molecule has 1 aliphatic heterocycles. The van der Waals surface area contributed by atoms with Gasteiger partial charge in [-0.15, -0.1) is 0 Å². The standard InChI is InChI=1S/C23H15BrO5/c1-27-17-7-3-5-15(12-17)23(26)28-18-8-9-19-20(13-18)29-21(22(19)25)11-14-4-2-6-16(24)10-14/h2-13H,1H3. The average Bonchev–Trinajstić information content (AvgIpc) is 3.02. The summed E-state index contributed by atoms with van der Waals surface area (Å²) in [4.78, 5) is 25.0. The van der Waals surface area contributed by atoms with Crippen LogP contribution in [0.1, 0.15) is 26.3 Å². The zero-order chi connectivity index (χ0) is 20.4. The average molecular weight is 451 g/mol. The quantitative estimate of drug-likeness (QED) is 0.306. The monoisotopic (exact) mass is 450 g/mol. The molecule has 0 N–H and O–H groups in total. The summed E-state index contributed by atoms with van der Waals surface area (Å²) in [5, 5.41) is 0. The smallest absolute Gasteiger partial charge is 0.343 e. The molecule has 0 radical (unpaired) electrons. The number of halogens is 1. The van der Waals surface area contributed by atoms with Gasteiger partial charge in [0.2, 0.25) is 5.78 Å². The first-order valence-electron chi connectivity index (χ1n) is 8.73. The summed E-state index contributed by atoms with van der Waals surface area (Å²) in [6.07, 6.45) is 1.68. The zero-order valence-corrected chi connectivity index (χ0v) is 16.9. The highest BCUT2D eigenvalue weighted by Crippen LogP contribution is 2.35. The minimum atomic E-state index is -0.530. The van der Waals surface area contributed by atoms with Crippen molar-refractivity contribution in [3.05, 3.63) is 93.7 Å². The highest BCUT2D eigenvalue weighted by molar-refractivity contribution is 9.10. The van der Waals surface area contributed by atoms with Crippen molar-refractivity contribution < 1.29 is 23.8 Å². The third kappa shape index (κ3) is 4.07. The number of ketones is 1. The number of hydrogen-bond acceptors (Lipinski definition) is 5. The fraction of sp³-hybridized carbons (Fsp3) is 0.0435. The predicted molar refractivity (Wildman–Crippen MR) is 111 cm³/mol. The number of methoxy groups -OCH3 is 1. The topological polar surface area (TPSA) is 61.8 Å². The minimum absolute atomic E-state index is 0.217. The van der Waals surface area contributed by atoms with Crippen LogP contribution in [-0.4, -0.2) is 18.9 Å². The van der Waals surface area contributed by atoms with Crippen LogP contribution in [0.2, 0.25) is 0 Å². The Labute approximate surface area is 175 Å². The minimum Gasteiger partial charge on any atom is -0.497 e. The Balaban J connectivity index is 1.55. The molecule has 1 heterocycles. The van der Waals surface area contributed by atoms with Gasteiger partial charge in [0.15, 0.2) is 5.76 Å². The van der Waals surface area contributed by atoms with Crippen LogP contribution in [-0.2, 0) is 0 Å². The van der Waals surface area contributed by atoms with Gasteiger partial charge in [-0.2, -0.15) is 0 Å². The molecule has 0 bridgehead atoms. The van der Waals surface area contributed by atoms with Gasteiger partial charge in [-0.05, 0) is 54.1 Å². The number of benzene rings is 3. The highest BCUT2D eigenvalue weighted by atomic mass is 79.9. The van der Waals surface area contributed by atoms with E-state index in [0.29, 0.717) is 22.6 Å². The fourth-order valence-electron chi connectivity index (χ4n) is 2.89. The number of rotatable bonds is 4. The van der Waals surface area contributed by atoms with Gasteiger partial charge in [0.1, 0.15) is 17.2 Å². The molecule has 4 rings (SSSR count). The first-order valence-corrected chi connectivity index (χ1v) is 9.53. The van der Waals surface area contributed by atoms with Crippen molar-refractivity contribution in [3.8, 4) is 17.2 Å². The molecule has 0 spiro atoms. The van der Waals surface area contributed by atoms with Crippen molar-refractivity contribution in [2.45, 2.75) is 0 Å². The molecule has 0 saturated heterocycles. The first-order chi connectivity index (χ1) is 14.0. The van der Waals surface area contributed by atoms with Crippen molar-refractivity contribution in [1.82, 2.24) is 0 Å². The lowest BCUT2D eigenvalue weighted by Crippen LogP contribution is -2.08. The van der Waals surface area contributed by atoms with Crippen LogP contribution in [0, 0.1) is 0 Å². The van der Waals surface area contributed by atoms with Crippen LogP contribution in [0.25, 0.3) is 6.08 Å². The van der Waals surface area contributed by atoms with Crippen molar-refractivity contribution in [2.75, 3.05) is 7.11 Å². The van der Waals surface area contributed by atoms with Crippen molar-refractivity contribution in [2.24, 2.45) is 0 Å². The van der Waals surface area contributed by atoms with Crippen LogP contribution in [0.15, 0.2) is 77.0 Å². The van der Waals surface area contributed by atoms with E-state index < -0.39 is 5.97 Å². The van der Waals surface area contributed by atoms with E-state index in [9.17, 15) is 9.59 Å². The van der Waals surface area contributed by atoms with Crippen molar-refractivity contribution >= 4 is 33.8 Å². The van der Waals surface area contributed by atoms with E-state index in [1.54, 1.807) is 42.5 Å². The molecule has 144 valence electrons. The van der Waals surface area contributed by atoms with E-state index in [2.05, 4.69) is 15.9 Å². The summed E-state index contributed by atoms with van der Waals surface area (Å²) in [5.41, 5.74) is 1.62. The molecule has 0 atom stereocenters. The predicted octanol–water partition coefficient (Wildman–Crippen LogP) is 5.29. The number of esters is 1. The summed E-state index contributed by atoms with van der Waals surface area (Å²) in [7, 11) is 1.53. The molecule has 0 aromatic heterocycles. The number of fused-ring (bicyclic) bond motifs is 1. The Morgan fingerprint density at radius 2 is 1.83 bits per heavy atom. The molecule has 29 heavy (non-hydrogen) atoms. The summed E-state index contributed by atoms with van der Waals surface area (Å²) in [5.74, 6) is 0.669. The molecule has 0 fully saturated rings. The van der Waals surface area contributed by atoms with E-state index in [1.807, 2.05) is 24.3 Å². The van der Waals surface area contributed by atoms with Gasteiger partial charge in [0.25, 0.3) is 0 Å². The summed E-state index contributed by atoms with van der Waals surface area (Å²) >= 11 is 3.40. The lowest BCUT2D eigenvalue weighted by Gasteiger charge is -2.07. The zero-order valence-electron chi connectivity index (χ0n) is 15.3. The molecule has 3 aromatic carbocycles. The van der Waals surface area contributed by atoms with Gasteiger partial charge in [0.05, 0.1) is 18.2 Å². The molecule has 0 unspecified atom stereocenters. The number of hydrogen-bond donors (Lipinski definition) is 0. The van der Waals surface area contributed by atoms with Crippen LogP contribution in [0.4, 0.5) is 0 Å². The van der Waals surface area contributed by atoms with E-state index >= 15 is 0 Å². The van der Waals surface area contributed by atoms with Crippen LogP contribution >= 0.6 is 15.9 Å². The molecule has 0 aliphatic carbocycles. The van der Waals surface area contributed by atoms with Crippen LogP contribution in [0.3, 0.4) is 0 Å². The fourth-order valence-corrected chi connectivity index (χ4v) is 3.31. The number of allylic oxidation sites excluding steroid dienone is 1. The second-order valence-corrected chi connectivity index (χ2v) is 7.19. The van der Waals surface area contributed by atoms with Crippen molar-refractivity contribution in [3.63, 3.8) is 0 Å². The van der Waals surface area contributed by atoms with E-state index in [0.717, 1.165) is 10.0 Å². The lowest BCUT2D eigenvalue weighted by atomic mass is 10.1. The maximum Gasteiger partial charge on any atom is 0.343 e. The Hall–Kier alpha value is -3.38. The van der Waals surface area contributed by atoms with Gasteiger partial charge in [-0.1, -0.05) is 34.1 Å². The highest BCUT2D eigenvalue weighted by Gasteiger charge is 2.28. The molecule has 3 aromatic rings. The maximum atomic E-state index is 12.6. The van der Waals surface area contributed by atoms with E-state index in [1.165, 1.54) is 13.2 Å². The molecule has 1 aliphatic rings. The lowest BCUT2D eigenvalue weighted by molar-refractivity contribution is 0.0734. The summed E-state index contributed by atoms with van der Waals surface area (Å²) in [6.45, 7) is 0. The van der Waals surface area contributed by atoms with E-state index in [-0.39, 0.29) is 17.3 Å². The van der Waals surface area contributed by atoms with Crippen LogP contribution in [0.5, 0.6) is 17.2 Å². The second kappa shape index (κ2) is 7.93. The van der Waals surface area contributed by atoms with E-state index in [4.69, 9.17) is 14.2 Å². The van der Waals surface area contributed by atoms with Gasteiger partial charge in [0, 0.05) is 10.5 Å². The first kappa shape index (κ1) is 19.0. The largest absolute Gasteiger partial charge is 0.497 e. The Morgan fingerprint density at radius 3 is 2.62 bits per heavy atom. The number of carbonyl (C=O) groups excluding carboxylic acids is 2. The molecule has 6 heteroatoms. The number of carbonyl (C=O) groups is 2. The van der Waals surface area contributed by atoms with Gasteiger partial charge in [-0.25, -0.2) is 4.79 Å². The van der Waals surface area contributed by atoms with Crippen LogP contribution < -0.4 is 14.2 Å². The number of Topliss-reactive ketones (excluding diaryl/α,β-unsaturated/α-hetero) is 1. The van der Waals surface area contributed by atoms with Gasteiger partial charge >= 0.3 is 5.97 Å². The summed E-state index contributed by atoms with van der Waals surface area (Å²) in [6, 6.07) is 18.9. The second-order valence-electron chi connectivity index (χ2n) is 6.27. The number of ether oxygens (including phenoxy) is 3. The van der Waals surface area contributed by atoms with Gasteiger partial charge < -0.3 is 14.2 Å². The third-order valence-electron chi connectivity index (χ3n) is 4.30. The SMILES string of the molecule is COc1cccc(C(=O)Oc2ccc3c(c2)OC(=Cc2cccc(Br)c2)C3=O)c1. The van der Waals surface area contributed by atoms with Crippen molar-refractivity contribution in [1.29, 1.82) is 0 Å². The summed E-state index contributed by atoms with van der Waals surface area (Å²) < 4.78 is 17.2. The third-order valence-corrected chi connectivity index (χ3v) is 4.80. The van der Waals surface area contributed by atoms with Gasteiger partial charge in [-0.3, -0.25) is 4.79 Å². The molecular formula is C23H15BrO5. The maximum absolute atomic E-state index is 12.6.